The first-order valence-corrected chi connectivity index (χ1v) is 6.85. The van der Waals surface area contributed by atoms with E-state index in [0.717, 1.165) is 12.8 Å². The molecule has 7 nitrogen and oxygen atoms in total. The maximum Gasteiger partial charge on any atom is 0.317 e. The van der Waals surface area contributed by atoms with Crippen LogP contribution in [0.2, 0.25) is 0 Å². The molecule has 1 aliphatic rings. The summed E-state index contributed by atoms with van der Waals surface area (Å²) in [5.74, 6) is -1.17. The van der Waals surface area contributed by atoms with Crippen LogP contribution in [-0.4, -0.2) is 66.6 Å². The van der Waals surface area contributed by atoms with Crippen molar-refractivity contribution < 1.29 is 24.5 Å². The molecule has 0 heterocycles. The van der Waals surface area contributed by atoms with Gasteiger partial charge >= 0.3 is 12.0 Å². The Labute approximate surface area is 118 Å². The summed E-state index contributed by atoms with van der Waals surface area (Å²) in [6.07, 6.45) is 2.01. The second-order valence-electron chi connectivity index (χ2n) is 5.34. The third-order valence-electron chi connectivity index (χ3n) is 3.54. The van der Waals surface area contributed by atoms with Crippen LogP contribution in [0.25, 0.3) is 0 Å². The number of aliphatic carboxylic acids is 1. The number of ether oxygens (including phenoxy) is 1. The summed E-state index contributed by atoms with van der Waals surface area (Å²) in [4.78, 5) is 24.3. The van der Waals surface area contributed by atoms with E-state index in [9.17, 15) is 14.7 Å². The van der Waals surface area contributed by atoms with Gasteiger partial charge in [-0.05, 0) is 19.3 Å². The first kappa shape index (κ1) is 16.7. The number of nitrogens with zero attached hydrogens (tertiary/aromatic N) is 1. The molecule has 0 radical (unpaired) electrons. The highest BCUT2D eigenvalue weighted by atomic mass is 16.5. The maximum absolute atomic E-state index is 11.9. The lowest BCUT2D eigenvalue weighted by atomic mass is 9.86. The Bertz CT molecular complexity index is 337. The summed E-state index contributed by atoms with van der Waals surface area (Å²) in [5.41, 5.74) is 0. The average Bonchev–Trinajstić information content (AvgIpc) is 2.39. The van der Waals surface area contributed by atoms with Crippen molar-refractivity contribution in [3.63, 3.8) is 0 Å². The molecule has 20 heavy (non-hydrogen) atoms. The van der Waals surface area contributed by atoms with Gasteiger partial charge in [0.1, 0.15) is 0 Å². The number of nitrogens with one attached hydrogen (secondary N) is 1. The summed E-state index contributed by atoms with van der Waals surface area (Å²) < 4.78 is 4.80. The monoisotopic (exact) mass is 288 g/mol. The number of carboxylic acids is 1. The van der Waals surface area contributed by atoms with Gasteiger partial charge in [-0.15, -0.1) is 0 Å². The molecule has 3 N–H and O–H groups in total. The van der Waals surface area contributed by atoms with Gasteiger partial charge in [-0.2, -0.15) is 0 Å². The number of carboxylic acid groups (broad SMARTS) is 1. The Hall–Kier alpha value is -1.34. The Morgan fingerprint density at radius 1 is 1.45 bits per heavy atom. The second-order valence-corrected chi connectivity index (χ2v) is 5.34. The fourth-order valence-corrected chi connectivity index (χ4v) is 2.47. The number of amides is 2. The molecule has 1 aliphatic carbocycles. The van der Waals surface area contributed by atoms with E-state index < -0.39 is 12.1 Å². The molecule has 1 saturated carbocycles. The van der Waals surface area contributed by atoms with Crippen molar-refractivity contribution in [1.29, 1.82) is 0 Å². The van der Waals surface area contributed by atoms with Gasteiger partial charge in [0.15, 0.2) is 0 Å². The summed E-state index contributed by atoms with van der Waals surface area (Å²) in [6.45, 7) is 0.344. The predicted molar refractivity (Wildman–Crippen MR) is 72.4 cm³/mol. The number of likely N-dealkylation sites (N-methyl/N-ethyl adjacent to an activating group) is 1. The summed E-state index contributed by atoms with van der Waals surface area (Å²) in [7, 11) is 3.07. The number of methoxy groups -OCH3 is 1. The van der Waals surface area contributed by atoms with Crippen LogP contribution in [0.15, 0.2) is 0 Å². The minimum Gasteiger partial charge on any atom is -0.481 e. The van der Waals surface area contributed by atoms with Gasteiger partial charge in [0.2, 0.25) is 0 Å². The molecular weight excluding hydrogens is 264 g/mol. The van der Waals surface area contributed by atoms with Crippen molar-refractivity contribution >= 4 is 12.0 Å². The van der Waals surface area contributed by atoms with Crippen molar-refractivity contribution in [2.24, 2.45) is 5.92 Å². The fraction of sp³-hybridized carbons (Fsp3) is 0.846. The van der Waals surface area contributed by atoms with Crippen LogP contribution < -0.4 is 5.32 Å². The topological polar surface area (TPSA) is 99.1 Å². The van der Waals surface area contributed by atoms with Gasteiger partial charge in [0.05, 0.1) is 25.2 Å². The summed E-state index contributed by atoms with van der Waals surface area (Å²) in [5, 5.41) is 21.4. The number of hydrogen-bond acceptors (Lipinski definition) is 4. The summed E-state index contributed by atoms with van der Waals surface area (Å²) in [6, 6.07) is -0.407. The number of aliphatic hydroxyl groups is 1. The third-order valence-corrected chi connectivity index (χ3v) is 3.54. The minimum atomic E-state index is -0.798. The lowest BCUT2D eigenvalue weighted by Crippen LogP contribution is -2.47. The molecule has 2 amide bonds. The molecule has 1 rings (SSSR count). The number of hydrogen-bond donors (Lipinski definition) is 3. The van der Waals surface area contributed by atoms with Crippen molar-refractivity contribution in [3.8, 4) is 0 Å². The van der Waals surface area contributed by atoms with Crippen LogP contribution in [0.5, 0.6) is 0 Å². The first-order valence-electron chi connectivity index (χ1n) is 6.85. The molecule has 0 bridgehead atoms. The van der Waals surface area contributed by atoms with E-state index in [2.05, 4.69) is 5.32 Å². The van der Waals surface area contributed by atoms with Crippen molar-refractivity contribution in [2.45, 2.75) is 37.8 Å². The van der Waals surface area contributed by atoms with E-state index in [1.807, 2.05) is 0 Å². The Balaban J connectivity index is 2.39. The van der Waals surface area contributed by atoms with E-state index in [0.29, 0.717) is 12.8 Å². The molecule has 1 fully saturated rings. The number of rotatable bonds is 6. The zero-order chi connectivity index (χ0) is 15.1. The Kier molecular flexibility index (Phi) is 6.74. The molecule has 116 valence electrons. The molecule has 7 heteroatoms. The molecule has 0 saturated heterocycles. The van der Waals surface area contributed by atoms with Crippen LogP contribution in [0.3, 0.4) is 0 Å². The van der Waals surface area contributed by atoms with Crippen LogP contribution in [-0.2, 0) is 9.53 Å². The Morgan fingerprint density at radius 3 is 2.75 bits per heavy atom. The highest BCUT2D eigenvalue weighted by Gasteiger charge is 2.28. The lowest BCUT2D eigenvalue weighted by Gasteiger charge is -2.29. The second kappa shape index (κ2) is 8.06. The van der Waals surface area contributed by atoms with Gasteiger partial charge in [0.25, 0.3) is 0 Å². The standard InChI is InChI=1S/C13H24N2O5/c1-15(7-11(16)8-20-2)13(19)14-10-5-3-4-9(6-10)12(17)18/h9-11,16H,3-8H2,1-2H3,(H,14,19)(H,17,18). The van der Waals surface area contributed by atoms with Crippen LogP contribution >= 0.6 is 0 Å². The minimum absolute atomic E-state index is 0.112. The quantitative estimate of drug-likeness (QED) is 0.652. The molecule has 0 aliphatic heterocycles. The number of urea groups is 1. The zero-order valence-corrected chi connectivity index (χ0v) is 12.0. The molecular formula is C13H24N2O5. The molecule has 0 aromatic heterocycles. The van der Waals surface area contributed by atoms with Crippen LogP contribution in [0.1, 0.15) is 25.7 Å². The molecule has 3 unspecified atom stereocenters. The van der Waals surface area contributed by atoms with E-state index >= 15 is 0 Å². The predicted octanol–water partition coefficient (Wildman–Crippen LogP) is 0.279. The number of carbonyl (C=O) groups is 2. The Morgan fingerprint density at radius 2 is 2.15 bits per heavy atom. The third kappa shape index (κ3) is 5.34. The smallest absolute Gasteiger partial charge is 0.317 e. The van der Waals surface area contributed by atoms with Crippen molar-refractivity contribution in [2.75, 3.05) is 27.3 Å². The van der Waals surface area contributed by atoms with Gasteiger partial charge in [-0.25, -0.2) is 4.79 Å². The highest BCUT2D eigenvalue weighted by molar-refractivity contribution is 5.74. The van der Waals surface area contributed by atoms with Gasteiger partial charge in [-0.3, -0.25) is 4.79 Å². The largest absolute Gasteiger partial charge is 0.481 e. The van der Waals surface area contributed by atoms with Crippen LogP contribution in [0.4, 0.5) is 4.79 Å². The van der Waals surface area contributed by atoms with Crippen molar-refractivity contribution in [1.82, 2.24) is 10.2 Å². The van der Waals surface area contributed by atoms with Gasteiger partial charge in [-0.1, -0.05) is 6.42 Å². The SMILES string of the molecule is COCC(O)CN(C)C(=O)NC1CCCC(C(=O)O)C1. The maximum atomic E-state index is 11.9. The van der Waals surface area contributed by atoms with Crippen LogP contribution in [0, 0.1) is 5.92 Å². The van der Waals surface area contributed by atoms with Gasteiger partial charge in [0, 0.05) is 20.2 Å². The zero-order valence-electron chi connectivity index (χ0n) is 12.0. The fourth-order valence-electron chi connectivity index (χ4n) is 2.47. The molecule has 0 aromatic rings. The van der Waals surface area contributed by atoms with Crippen molar-refractivity contribution in [3.05, 3.63) is 0 Å². The average molecular weight is 288 g/mol. The molecule has 0 aromatic carbocycles. The first-order chi connectivity index (χ1) is 9.43. The summed E-state index contributed by atoms with van der Waals surface area (Å²) >= 11 is 0. The molecule has 0 spiro atoms. The number of aliphatic hydroxyl groups excluding tert-OH is 1. The van der Waals surface area contributed by atoms with E-state index in [1.54, 1.807) is 7.05 Å². The van der Waals surface area contributed by atoms with E-state index in [-0.39, 0.29) is 31.1 Å². The highest BCUT2D eigenvalue weighted by Crippen LogP contribution is 2.24. The van der Waals surface area contributed by atoms with E-state index in [1.165, 1.54) is 12.0 Å². The normalized spacial score (nSPS) is 23.9. The van der Waals surface area contributed by atoms with Gasteiger partial charge < -0.3 is 25.2 Å². The van der Waals surface area contributed by atoms with E-state index in [4.69, 9.17) is 9.84 Å². The molecule has 3 atom stereocenters. The number of carbonyl (C=O) groups excluding carboxylic acids is 1. The lowest BCUT2D eigenvalue weighted by molar-refractivity contribution is -0.143.